The Morgan fingerprint density at radius 1 is 1.00 bits per heavy atom. The van der Waals surface area contributed by atoms with Gasteiger partial charge in [0.2, 0.25) is 5.75 Å². The quantitative estimate of drug-likeness (QED) is 0.786. The summed E-state index contributed by atoms with van der Waals surface area (Å²) in [4.78, 5) is 6.82. The van der Waals surface area contributed by atoms with Gasteiger partial charge in [-0.25, -0.2) is 0 Å². The van der Waals surface area contributed by atoms with Crippen LogP contribution in [0.5, 0.6) is 17.2 Å². The smallest absolute Gasteiger partial charge is 0.203 e. The molecule has 0 fully saturated rings. The summed E-state index contributed by atoms with van der Waals surface area (Å²) in [5.41, 5.74) is 0.755. The Kier molecular flexibility index (Phi) is 4.63. The summed E-state index contributed by atoms with van der Waals surface area (Å²) in [6.07, 6.45) is 1.83. The summed E-state index contributed by atoms with van der Waals surface area (Å²) in [5.74, 6) is 1.77. The molecule has 0 radical (unpaired) electrons. The van der Waals surface area contributed by atoms with Gasteiger partial charge in [0.05, 0.1) is 27.0 Å². The predicted molar refractivity (Wildman–Crippen MR) is 82.4 cm³/mol. The maximum Gasteiger partial charge on any atom is 0.203 e. The van der Waals surface area contributed by atoms with Crippen molar-refractivity contribution in [1.82, 2.24) is 0 Å². The Hall–Kier alpha value is -2.01. The molecule has 0 bridgehead atoms. The molecule has 0 N–H and O–H groups in total. The van der Waals surface area contributed by atoms with E-state index in [2.05, 4.69) is 18.0 Å². The number of nitrogens with zero attached hydrogens (tertiary/aromatic N) is 1. The van der Waals surface area contributed by atoms with E-state index >= 15 is 0 Å². The van der Waals surface area contributed by atoms with Crippen LogP contribution in [-0.2, 0) is 0 Å². The van der Waals surface area contributed by atoms with E-state index < -0.39 is 0 Å². The van der Waals surface area contributed by atoms with Crippen LogP contribution in [0.15, 0.2) is 29.3 Å². The zero-order valence-corrected chi connectivity index (χ0v) is 12.8. The predicted octanol–water partition coefficient (Wildman–Crippen LogP) is 3.83. The molecule has 0 amide bonds. The molecule has 20 heavy (non-hydrogen) atoms. The first-order chi connectivity index (χ1) is 9.67. The maximum absolute atomic E-state index is 5.30. The number of hydrogen-bond donors (Lipinski definition) is 0. The molecule has 0 aliphatic carbocycles. The van der Waals surface area contributed by atoms with Gasteiger partial charge in [0.1, 0.15) is 0 Å². The van der Waals surface area contributed by atoms with E-state index in [9.17, 15) is 0 Å². The van der Waals surface area contributed by atoms with Gasteiger partial charge in [0.15, 0.2) is 11.5 Å². The maximum atomic E-state index is 5.30. The number of aryl methyl sites for hydroxylation is 1. The van der Waals surface area contributed by atoms with Gasteiger partial charge in [0, 0.05) is 28.1 Å². The first-order valence-electron chi connectivity index (χ1n) is 6.08. The standard InChI is InChI=1S/C15H17NO3S/c1-10-5-6-12(20-10)9-16-11-7-13(17-2)15(19-4)14(8-11)18-3/h5-9H,1-4H3. The highest BCUT2D eigenvalue weighted by Gasteiger charge is 2.12. The number of thiophene rings is 1. The summed E-state index contributed by atoms with van der Waals surface area (Å²) in [5, 5.41) is 0. The highest BCUT2D eigenvalue weighted by Crippen LogP contribution is 2.40. The van der Waals surface area contributed by atoms with Crippen molar-refractivity contribution in [2.75, 3.05) is 21.3 Å². The summed E-state index contributed by atoms with van der Waals surface area (Å²) in [6, 6.07) is 7.75. The number of methoxy groups -OCH3 is 3. The van der Waals surface area contributed by atoms with Crippen LogP contribution >= 0.6 is 11.3 Å². The molecule has 1 heterocycles. The minimum atomic E-state index is 0.570. The minimum Gasteiger partial charge on any atom is -0.493 e. The molecule has 2 aromatic rings. The normalized spacial score (nSPS) is 10.8. The average Bonchev–Trinajstić information content (AvgIpc) is 2.89. The largest absolute Gasteiger partial charge is 0.493 e. The van der Waals surface area contributed by atoms with Crippen LogP contribution in [-0.4, -0.2) is 27.5 Å². The molecule has 1 aromatic carbocycles. The number of hydrogen-bond acceptors (Lipinski definition) is 5. The van der Waals surface area contributed by atoms with Crippen LogP contribution in [0.1, 0.15) is 9.75 Å². The van der Waals surface area contributed by atoms with Crippen LogP contribution in [0, 0.1) is 6.92 Å². The van der Waals surface area contributed by atoms with Gasteiger partial charge in [0.25, 0.3) is 0 Å². The molecular formula is C15H17NO3S. The molecule has 1 aromatic heterocycles. The lowest BCUT2D eigenvalue weighted by Gasteiger charge is -2.12. The number of benzene rings is 1. The highest BCUT2D eigenvalue weighted by atomic mass is 32.1. The Balaban J connectivity index is 2.34. The SMILES string of the molecule is COc1cc(N=Cc2ccc(C)s2)cc(OC)c1OC. The Morgan fingerprint density at radius 2 is 1.65 bits per heavy atom. The van der Waals surface area contributed by atoms with Gasteiger partial charge < -0.3 is 14.2 Å². The number of ether oxygens (including phenoxy) is 3. The van der Waals surface area contributed by atoms with Crippen molar-refractivity contribution >= 4 is 23.2 Å². The van der Waals surface area contributed by atoms with E-state index in [-0.39, 0.29) is 0 Å². The van der Waals surface area contributed by atoms with Crippen LogP contribution in [0.25, 0.3) is 0 Å². The molecule has 0 atom stereocenters. The zero-order valence-electron chi connectivity index (χ0n) is 12.0. The third kappa shape index (κ3) is 3.11. The van der Waals surface area contributed by atoms with Crippen LogP contribution < -0.4 is 14.2 Å². The fourth-order valence-corrected chi connectivity index (χ4v) is 2.55. The Morgan fingerprint density at radius 3 is 2.10 bits per heavy atom. The Bertz CT molecular complexity index is 594. The highest BCUT2D eigenvalue weighted by molar-refractivity contribution is 7.13. The average molecular weight is 291 g/mol. The molecule has 0 saturated heterocycles. The second-order valence-corrected chi connectivity index (χ2v) is 5.41. The van der Waals surface area contributed by atoms with E-state index in [0.717, 1.165) is 10.6 Å². The molecular weight excluding hydrogens is 274 g/mol. The van der Waals surface area contributed by atoms with Gasteiger partial charge in [-0.3, -0.25) is 4.99 Å². The molecule has 0 spiro atoms. The third-order valence-corrected chi connectivity index (χ3v) is 3.69. The van der Waals surface area contributed by atoms with E-state index in [1.807, 2.05) is 24.4 Å². The van der Waals surface area contributed by atoms with Crippen molar-refractivity contribution < 1.29 is 14.2 Å². The van der Waals surface area contributed by atoms with Crippen molar-refractivity contribution in [2.45, 2.75) is 6.92 Å². The van der Waals surface area contributed by atoms with E-state index in [0.29, 0.717) is 17.2 Å². The summed E-state index contributed by atoms with van der Waals surface area (Å²) < 4.78 is 15.9. The van der Waals surface area contributed by atoms with Crippen molar-refractivity contribution in [3.05, 3.63) is 34.0 Å². The van der Waals surface area contributed by atoms with E-state index in [1.54, 1.807) is 32.7 Å². The fourth-order valence-electron chi connectivity index (χ4n) is 1.80. The summed E-state index contributed by atoms with van der Waals surface area (Å²) in [7, 11) is 4.76. The van der Waals surface area contributed by atoms with Crippen molar-refractivity contribution in [3.8, 4) is 17.2 Å². The minimum absolute atomic E-state index is 0.570. The monoisotopic (exact) mass is 291 g/mol. The summed E-state index contributed by atoms with van der Waals surface area (Å²) in [6.45, 7) is 2.07. The first kappa shape index (κ1) is 14.4. The van der Waals surface area contributed by atoms with Gasteiger partial charge >= 0.3 is 0 Å². The molecule has 0 aliphatic rings. The van der Waals surface area contributed by atoms with Crippen molar-refractivity contribution in [3.63, 3.8) is 0 Å². The number of rotatable bonds is 5. The van der Waals surface area contributed by atoms with Gasteiger partial charge in [-0.05, 0) is 19.1 Å². The molecule has 0 aliphatic heterocycles. The lowest BCUT2D eigenvalue weighted by atomic mass is 10.2. The van der Waals surface area contributed by atoms with Crippen LogP contribution in [0.3, 0.4) is 0 Å². The second-order valence-electron chi connectivity index (χ2n) is 4.09. The van der Waals surface area contributed by atoms with E-state index in [1.165, 1.54) is 4.88 Å². The second kappa shape index (κ2) is 6.43. The molecule has 5 heteroatoms. The Labute approximate surface area is 122 Å². The third-order valence-electron chi connectivity index (χ3n) is 2.75. The summed E-state index contributed by atoms with van der Waals surface area (Å²) >= 11 is 1.70. The molecule has 106 valence electrons. The van der Waals surface area contributed by atoms with Crippen molar-refractivity contribution in [2.24, 2.45) is 4.99 Å². The molecule has 0 unspecified atom stereocenters. The molecule has 4 nitrogen and oxygen atoms in total. The number of aliphatic imine (C=N–C) groups is 1. The fraction of sp³-hybridized carbons (Fsp3) is 0.267. The van der Waals surface area contributed by atoms with Gasteiger partial charge in [-0.15, -0.1) is 11.3 Å². The lowest BCUT2D eigenvalue weighted by molar-refractivity contribution is 0.324. The molecule has 2 rings (SSSR count). The molecule has 0 saturated carbocycles. The van der Waals surface area contributed by atoms with Gasteiger partial charge in [-0.2, -0.15) is 0 Å². The van der Waals surface area contributed by atoms with Crippen molar-refractivity contribution in [1.29, 1.82) is 0 Å². The van der Waals surface area contributed by atoms with Gasteiger partial charge in [-0.1, -0.05) is 0 Å². The van der Waals surface area contributed by atoms with E-state index in [4.69, 9.17) is 14.2 Å². The topological polar surface area (TPSA) is 40.0 Å². The lowest BCUT2D eigenvalue weighted by Crippen LogP contribution is -1.94. The van der Waals surface area contributed by atoms with Crippen LogP contribution in [0.4, 0.5) is 5.69 Å². The first-order valence-corrected chi connectivity index (χ1v) is 6.90. The van der Waals surface area contributed by atoms with Crippen LogP contribution in [0.2, 0.25) is 0 Å². The zero-order chi connectivity index (χ0) is 14.5.